The number of rotatable bonds is 2. The maximum absolute atomic E-state index is 3.63. The second-order valence-electron chi connectivity index (χ2n) is 4.39. The van der Waals surface area contributed by atoms with Gasteiger partial charge in [0.2, 0.25) is 0 Å². The zero-order valence-corrected chi connectivity index (χ0v) is 12.2. The number of hydrogen-bond acceptors (Lipinski definition) is 3. The van der Waals surface area contributed by atoms with E-state index in [2.05, 4.69) is 65.4 Å². The van der Waals surface area contributed by atoms with Crippen molar-refractivity contribution < 1.29 is 0 Å². The molecule has 16 heavy (non-hydrogen) atoms. The van der Waals surface area contributed by atoms with Crippen molar-refractivity contribution in [3.63, 3.8) is 0 Å². The van der Waals surface area contributed by atoms with E-state index in [4.69, 9.17) is 0 Å². The van der Waals surface area contributed by atoms with E-state index in [1.54, 1.807) is 0 Å². The van der Waals surface area contributed by atoms with E-state index < -0.39 is 0 Å². The lowest BCUT2D eigenvalue weighted by atomic mass is 10.2. The molecule has 0 spiro atoms. The predicted octanol–water partition coefficient (Wildman–Crippen LogP) is 3.24. The van der Waals surface area contributed by atoms with Gasteiger partial charge in [-0.05, 0) is 40.5 Å². The summed E-state index contributed by atoms with van der Waals surface area (Å²) in [6.45, 7) is 2.23. The van der Waals surface area contributed by atoms with Crippen molar-refractivity contribution in [2.75, 3.05) is 24.7 Å². The van der Waals surface area contributed by atoms with Crippen LogP contribution in [0.25, 0.3) is 0 Å². The number of nitrogens with one attached hydrogen (secondary N) is 1. The molecule has 2 rings (SSSR count). The Labute approximate surface area is 110 Å². The average molecular weight is 301 g/mol. The molecule has 1 saturated heterocycles. The van der Waals surface area contributed by atoms with E-state index >= 15 is 0 Å². The topological polar surface area (TPSA) is 15.3 Å². The Hall–Kier alpha value is -0.190. The van der Waals surface area contributed by atoms with Crippen LogP contribution in [0.4, 0.5) is 5.69 Å². The van der Waals surface area contributed by atoms with Crippen molar-refractivity contribution in [2.24, 2.45) is 0 Å². The first-order valence-corrected chi connectivity index (χ1v) is 7.26. The van der Waals surface area contributed by atoms with Gasteiger partial charge in [0.15, 0.2) is 0 Å². The lowest BCUT2D eigenvalue weighted by molar-refractivity contribution is 0.618. The Morgan fingerprint density at radius 2 is 2.19 bits per heavy atom. The molecule has 1 heterocycles. The minimum absolute atomic E-state index is 0.447. The van der Waals surface area contributed by atoms with Crippen LogP contribution in [-0.4, -0.2) is 25.9 Å². The minimum Gasteiger partial charge on any atom is -0.377 e. The largest absolute Gasteiger partial charge is 0.377 e. The van der Waals surface area contributed by atoms with Gasteiger partial charge in [0.05, 0.1) is 11.1 Å². The summed E-state index contributed by atoms with van der Waals surface area (Å²) in [5.74, 6) is 1.19. The lowest BCUT2D eigenvalue weighted by Crippen LogP contribution is -2.22. The predicted molar refractivity (Wildman–Crippen MR) is 76.3 cm³/mol. The second-order valence-corrected chi connectivity index (χ2v) is 6.38. The summed E-state index contributed by atoms with van der Waals surface area (Å²) in [7, 11) is 4.12. The van der Waals surface area contributed by atoms with Gasteiger partial charge < -0.3 is 4.90 Å². The van der Waals surface area contributed by atoms with Gasteiger partial charge in [-0.1, -0.05) is 6.07 Å². The maximum Gasteiger partial charge on any atom is 0.0792 e. The summed E-state index contributed by atoms with van der Waals surface area (Å²) in [4.78, 5) is 2.12. The van der Waals surface area contributed by atoms with Crippen molar-refractivity contribution >= 4 is 33.4 Å². The fourth-order valence-electron chi connectivity index (χ4n) is 1.84. The van der Waals surface area contributed by atoms with Crippen molar-refractivity contribution in [2.45, 2.75) is 18.3 Å². The van der Waals surface area contributed by atoms with Crippen LogP contribution in [0.2, 0.25) is 0 Å². The SMILES string of the molecule is CC1CSC(c2ccc(N(C)C)c(Br)c2)N1. The Kier molecular flexibility index (Phi) is 3.82. The van der Waals surface area contributed by atoms with Crippen LogP contribution in [0.3, 0.4) is 0 Å². The summed E-state index contributed by atoms with van der Waals surface area (Å²) in [5, 5.41) is 4.02. The van der Waals surface area contributed by atoms with Gasteiger partial charge in [-0.2, -0.15) is 0 Å². The number of anilines is 1. The minimum atomic E-state index is 0.447. The molecular formula is C12H17BrN2S. The molecule has 0 radical (unpaired) electrons. The molecule has 2 unspecified atom stereocenters. The molecule has 0 saturated carbocycles. The van der Waals surface area contributed by atoms with Crippen LogP contribution in [0.15, 0.2) is 22.7 Å². The van der Waals surface area contributed by atoms with Crippen molar-refractivity contribution in [3.05, 3.63) is 28.2 Å². The number of thioether (sulfide) groups is 1. The van der Waals surface area contributed by atoms with Crippen LogP contribution >= 0.6 is 27.7 Å². The summed E-state index contributed by atoms with van der Waals surface area (Å²) >= 11 is 5.61. The van der Waals surface area contributed by atoms with Gasteiger partial charge in [-0.15, -0.1) is 11.8 Å². The first-order valence-electron chi connectivity index (χ1n) is 5.42. The summed E-state index contributed by atoms with van der Waals surface area (Å²) < 4.78 is 1.16. The normalized spacial score (nSPS) is 24.8. The first-order chi connectivity index (χ1) is 7.58. The van der Waals surface area contributed by atoms with Gasteiger partial charge >= 0.3 is 0 Å². The molecule has 1 aliphatic heterocycles. The Balaban J connectivity index is 2.21. The van der Waals surface area contributed by atoms with Crippen LogP contribution < -0.4 is 10.2 Å². The highest BCUT2D eigenvalue weighted by molar-refractivity contribution is 9.10. The highest BCUT2D eigenvalue weighted by Crippen LogP contribution is 2.36. The zero-order valence-electron chi connectivity index (χ0n) is 9.83. The molecular weight excluding hydrogens is 284 g/mol. The molecule has 2 atom stereocenters. The quantitative estimate of drug-likeness (QED) is 0.903. The fourth-order valence-corrected chi connectivity index (χ4v) is 3.83. The first kappa shape index (κ1) is 12.3. The molecule has 0 bridgehead atoms. The highest BCUT2D eigenvalue weighted by Gasteiger charge is 2.22. The van der Waals surface area contributed by atoms with Gasteiger partial charge in [-0.3, -0.25) is 5.32 Å². The van der Waals surface area contributed by atoms with Crippen LogP contribution in [0.1, 0.15) is 17.9 Å². The van der Waals surface area contributed by atoms with Crippen molar-refractivity contribution in [1.29, 1.82) is 0 Å². The number of halogens is 1. The Morgan fingerprint density at radius 3 is 2.69 bits per heavy atom. The molecule has 1 aliphatic rings. The fraction of sp³-hybridized carbons (Fsp3) is 0.500. The van der Waals surface area contributed by atoms with Crippen LogP contribution in [0, 0.1) is 0 Å². The third-order valence-corrected chi connectivity index (χ3v) is 4.77. The van der Waals surface area contributed by atoms with Crippen molar-refractivity contribution in [3.8, 4) is 0 Å². The van der Waals surface area contributed by atoms with Gasteiger partial charge in [0, 0.05) is 30.4 Å². The second kappa shape index (κ2) is 4.98. The standard InChI is InChI=1S/C12H17BrN2S/c1-8-7-16-12(14-8)9-4-5-11(15(2)3)10(13)6-9/h4-6,8,12,14H,7H2,1-3H3. The van der Waals surface area contributed by atoms with E-state index in [0.717, 1.165) is 4.47 Å². The number of hydrogen-bond donors (Lipinski definition) is 1. The van der Waals surface area contributed by atoms with E-state index in [0.29, 0.717) is 11.4 Å². The molecule has 88 valence electrons. The van der Waals surface area contributed by atoms with E-state index in [9.17, 15) is 0 Å². The summed E-state index contributed by atoms with van der Waals surface area (Å²) in [5.41, 5.74) is 2.58. The molecule has 2 nitrogen and oxygen atoms in total. The van der Waals surface area contributed by atoms with Gasteiger partial charge in [-0.25, -0.2) is 0 Å². The summed E-state index contributed by atoms with van der Waals surface area (Å²) in [6.07, 6.45) is 0. The molecule has 4 heteroatoms. The highest BCUT2D eigenvalue weighted by atomic mass is 79.9. The maximum atomic E-state index is 3.63. The van der Waals surface area contributed by atoms with Gasteiger partial charge in [0.1, 0.15) is 0 Å². The molecule has 0 amide bonds. The monoisotopic (exact) mass is 300 g/mol. The van der Waals surface area contributed by atoms with Crippen LogP contribution in [0.5, 0.6) is 0 Å². The van der Waals surface area contributed by atoms with E-state index in [1.165, 1.54) is 17.0 Å². The molecule has 1 aromatic rings. The van der Waals surface area contributed by atoms with E-state index in [1.807, 2.05) is 11.8 Å². The van der Waals surface area contributed by atoms with Crippen molar-refractivity contribution in [1.82, 2.24) is 5.32 Å². The van der Waals surface area contributed by atoms with Crippen LogP contribution in [-0.2, 0) is 0 Å². The Bertz CT molecular complexity index is 381. The smallest absolute Gasteiger partial charge is 0.0792 e. The third kappa shape index (κ3) is 2.55. The average Bonchev–Trinajstić information content (AvgIpc) is 2.64. The zero-order chi connectivity index (χ0) is 11.7. The summed E-state index contributed by atoms with van der Waals surface area (Å²) in [6, 6.07) is 7.22. The molecule has 0 aromatic heterocycles. The molecule has 0 aliphatic carbocycles. The Morgan fingerprint density at radius 1 is 1.44 bits per heavy atom. The van der Waals surface area contributed by atoms with E-state index in [-0.39, 0.29) is 0 Å². The van der Waals surface area contributed by atoms with Gasteiger partial charge in [0.25, 0.3) is 0 Å². The molecule has 1 aromatic carbocycles. The molecule has 1 N–H and O–H groups in total. The number of benzene rings is 1. The number of nitrogens with zero attached hydrogens (tertiary/aromatic N) is 1. The molecule has 1 fully saturated rings. The third-order valence-electron chi connectivity index (χ3n) is 2.71. The lowest BCUT2D eigenvalue weighted by Gasteiger charge is -2.17.